The van der Waals surface area contributed by atoms with Crippen LogP contribution in [-0.2, 0) is 12.3 Å². The Morgan fingerprint density at radius 3 is 2.52 bits per heavy atom. The molecule has 136 valence electrons. The van der Waals surface area contributed by atoms with Gasteiger partial charge in [-0.25, -0.2) is 4.98 Å². The molecule has 4 rings (SSSR count). The predicted molar refractivity (Wildman–Crippen MR) is 113 cm³/mol. The van der Waals surface area contributed by atoms with Gasteiger partial charge in [0.2, 0.25) is 0 Å². The summed E-state index contributed by atoms with van der Waals surface area (Å²) in [5, 5.41) is 1.04. The van der Waals surface area contributed by atoms with Crippen LogP contribution in [0, 0.1) is 20.8 Å². The summed E-state index contributed by atoms with van der Waals surface area (Å²) in [6, 6.07) is 17.3. The first-order chi connectivity index (χ1) is 13.1. The molecule has 0 aliphatic carbocycles. The summed E-state index contributed by atoms with van der Waals surface area (Å²) in [6.45, 7) is 7.24. The van der Waals surface area contributed by atoms with Gasteiger partial charge >= 0.3 is 0 Å². The Labute approximate surface area is 164 Å². The van der Waals surface area contributed by atoms with Crippen molar-refractivity contribution in [1.29, 1.82) is 0 Å². The number of aryl methyl sites for hydroxylation is 3. The summed E-state index contributed by atoms with van der Waals surface area (Å²) >= 11 is 1.80. The Morgan fingerprint density at radius 1 is 0.926 bits per heavy atom. The van der Waals surface area contributed by atoms with Crippen molar-refractivity contribution in [3.05, 3.63) is 88.7 Å². The molecule has 2 heterocycles. The number of aromatic nitrogens is 3. The van der Waals surface area contributed by atoms with E-state index in [1.54, 1.807) is 11.8 Å². The Kier molecular flexibility index (Phi) is 4.99. The minimum absolute atomic E-state index is 0.803. The molecule has 2 aromatic carbocycles. The highest BCUT2D eigenvalue weighted by Crippen LogP contribution is 2.28. The van der Waals surface area contributed by atoms with Crippen LogP contribution >= 0.6 is 11.8 Å². The number of rotatable bonds is 5. The smallest absolute Gasteiger partial charge is 0.169 e. The minimum Gasteiger partial charge on any atom is -0.313 e. The number of imidazole rings is 1. The number of fused-ring (bicyclic) bond motifs is 1. The van der Waals surface area contributed by atoms with Gasteiger partial charge in [0.1, 0.15) is 0 Å². The maximum Gasteiger partial charge on any atom is 0.169 e. The maximum atomic E-state index is 4.88. The molecule has 0 radical (unpaired) electrons. The fraction of sp³-hybridized carbons (Fsp3) is 0.217. The summed E-state index contributed by atoms with van der Waals surface area (Å²) in [6.07, 6.45) is 3.73. The van der Waals surface area contributed by atoms with Gasteiger partial charge in [0.05, 0.1) is 23.8 Å². The summed E-state index contributed by atoms with van der Waals surface area (Å²) in [4.78, 5) is 9.20. The number of nitrogens with zero attached hydrogens (tertiary/aromatic N) is 3. The van der Waals surface area contributed by atoms with E-state index in [4.69, 9.17) is 4.98 Å². The Hall–Kier alpha value is -2.59. The molecule has 0 unspecified atom stereocenters. The van der Waals surface area contributed by atoms with Gasteiger partial charge in [-0.1, -0.05) is 65.4 Å². The van der Waals surface area contributed by atoms with E-state index in [0.29, 0.717) is 0 Å². The standard InChI is InChI=1S/C23H23N3S/c1-16-5-8-19(9-6-16)14-26-22-13-24-11-10-21(22)25-23(26)27-15-20-12-17(2)4-7-18(20)3/h4-13H,14-15H2,1-3H3. The van der Waals surface area contributed by atoms with Crippen molar-refractivity contribution in [3.8, 4) is 0 Å². The molecule has 0 amide bonds. The monoisotopic (exact) mass is 373 g/mol. The zero-order valence-corrected chi connectivity index (χ0v) is 16.8. The number of hydrogen-bond donors (Lipinski definition) is 0. The predicted octanol–water partition coefficient (Wildman–Crippen LogP) is 5.70. The maximum absolute atomic E-state index is 4.88. The van der Waals surface area contributed by atoms with Gasteiger partial charge in [0.15, 0.2) is 5.16 Å². The van der Waals surface area contributed by atoms with Crippen LogP contribution in [0.4, 0.5) is 0 Å². The third kappa shape index (κ3) is 3.91. The Bertz CT molecular complexity index is 1080. The van der Waals surface area contributed by atoms with E-state index in [-0.39, 0.29) is 0 Å². The summed E-state index contributed by atoms with van der Waals surface area (Å²) in [5.41, 5.74) is 8.64. The first-order valence-electron chi connectivity index (χ1n) is 9.15. The quantitative estimate of drug-likeness (QED) is 0.421. The van der Waals surface area contributed by atoms with Gasteiger partial charge in [-0.15, -0.1) is 0 Å². The Morgan fingerprint density at radius 2 is 1.70 bits per heavy atom. The zero-order valence-electron chi connectivity index (χ0n) is 15.9. The van der Waals surface area contributed by atoms with Gasteiger partial charge in [-0.2, -0.15) is 0 Å². The molecule has 0 fully saturated rings. The highest BCUT2D eigenvalue weighted by molar-refractivity contribution is 7.98. The molecule has 0 bridgehead atoms. The van der Waals surface area contributed by atoms with E-state index in [0.717, 1.165) is 28.5 Å². The molecule has 0 aliphatic heterocycles. The number of benzene rings is 2. The molecule has 0 spiro atoms. The lowest BCUT2D eigenvalue weighted by molar-refractivity contribution is 0.730. The van der Waals surface area contributed by atoms with Crippen molar-refractivity contribution in [2.45, 2.75) is 38.2 Å². The molecule has 4 heteroatoms. The summed E-state index contributed by atoms with van der Waals surface area (Å²) in [7, 11) is 0. The summed E-state index contributed by atoms with van der Waals surface area (Å²) in [5.74, 6) is 0.915. The number of hydrogen-bond acceptors (Lipinski definition) is 3. The average Bonchev–Trinajstić information content (AvgIpc) is 3.02. The van der Waals surface area contributed by atoms with Crippen molar-refractivity contribution < 1.29 is 0 Å². The van der Waals surface area contributed by atoms with Gasteiger partial charge in [-0.3, -0.25) is 4.98 Å². The van der Waals surface area contributed by atoms with Gasteiger partial charge < -0.3 is 4.57 Å². The van der Waals surface area contributed by atoms with Gasteiger partial charge in [-0.05, 0) is 43.5 Å². The molecule has 0 saturated heterocycles. The van der Waals surface area contributed by atoms with Crippen LogP contribution in [0.15, 0.2) is 66.1 Å². The first-order valence-corrected chi connectivity index (χ1v) is 10.1. The fourth-order valence-corrected chi connectivity index (χ4v) is 4.26. The lowest BCUT2D eigenvalue weighted by Crippen LogP contribution is -2.02. The topological polar surface area (TPSA) is 30.7 Å². The second kappa shape index (κ2) is 7.57. The minimum atomic E-state index is 0.803. The van der Waals surface area contributed by atoms with Crippen LogP contribution in [0.5, 0.6) is 0 Å². The van der Waals surface area contributed by atoms with Crippen LogP contribution in [0.1, 0.15) is 27.8 Å². The highest BCUT2D eigenvalue weighted by Gasteiger charge is 2.13. The third-order valence-electron chi connectivity index (χ3n) is 4.84. The summed E-state index contributed by atoms with van der Waals surface area (Å²) < 4.78 is 2.28. The molecule has 27 heavy (non-hydrogen) atoms. The lowest BCUT2D eigenvalue weighted by atomic mass is 10.1. The molecular weight excluding hydrogens is 350 g/mol. The van der Waals surface area contributed by atoms with Crippen molar-refractivity contribution in [1.82, 2.24) is 14.5 Å². The fourth-order valence-electron chi connectivity index (χ4n) is 3.18. The largest absolute Gasteiger partial charge is 0.313 e. The molecule has 0 N–H and O–H groups in total. The second-order valence-electron chi connectivity index (χ2n) is 7.05. The van der Waals surface area contributed by atoms with E-state index in [9.17, 15) is 0 Å². The van der Waals surface area contributed by atoms with Crippen LogP contribution < -0.4 is 0 Å². The van der Waals surface area contributed by atoms with E-state index in [1.807, 2.05) is 18.5 Å². The van der Waals surface area contributed by atoms with Crippen molar-refractivity contribution >= 4 is 22.8 Å². The third-order valence-corrected chi connectivity index (χ3v) is 5.86. The molecule has 0 aliphatic rings. The molecule has 3 nitrogen and oxygen atoms in total. The van der Waals surface area contributed by atoms with Gasteiger partial charge in [0.25, 0.3) is 0 Å². The SMILES string of the molecule is Cc1ccc(Cn2c(SCc3cc(C)ccc3C)nc3ccncc32)cc1. The second-order valence-corrected chi connectivity index (χ2v) is 7.99. The first kappa shape index (κ1) is 17.8. The Balaban J connectivity index is 1.67. The highest BCUT2D eigenvalue weighted by atomic mass is 32.2. The van der Waals surface area contributed by atoms with Crippen LogP contribution in [0.3, 0.4) is 0 Å². The van der Waals surface area contributed by atoms with Crippen molar-refractivity contribution in [2.75, 3.05) is 0 Å². The molecule has 2 aromatic heterocycles. The number of pyridine rings is 1. The number of thioether (sulfide) groups is 1. The normalized spacial score (nSPS) is 11.2. The van der Waals surface area contributed by atoms with Crippen LogP contribution in [0.2, 0.25) is 0 Å². The average molecular weight is 374 g/mol. The zero-order chi connectivity index (χ0) is 18.8. The lowest BCUT2D eigenvalue weighted by Gasteiger charge is -2.11. The van der Waals surface area contributed by atoms with Crippen molar-refractivity contribution in [3.63, 3.8) is 0 Å². The molecular formula is C23H23N3S. The molecule has 0 saturated carbocycles. The molecule has 0 atom stereocenters. The van der Waals surface area contributed by atoms with Crippen LogP contribution in [0.25, 0.3) is 11.0 Å². The van der Waals surface area contributed by atoms with E-state index < -0.39 is 0 Å². The van der Waals surface area contributed by atoms with Gasteiger partial charge in [0, 0.05) is 11.9 Å². The van der Waals surface area contributed by atoms with E-state index in [2.05, 4.69) is 72.8 Å². The van der Waals surface area contributed by atoms with Crippen molar-refractivity contribution in [2.24, 2.45) is 0 Å². The van der Waals surface area contributed by atoms with E-state index in [1.165, 1.54) is 27.8 Å². The van der Waals surface area contributed by atoms with E-state index >= 15 is 0 Å². The molecule has 4 aromatic rings. The van der Waals surface area contributed by atoms with Crippen LogP contribution in [-0.4, -0.2) is 14.5 Å².